The molecule has 0 N–H and O–H groups in total. The first-order valence-corrected chi connectivity index (χ1v) is 6.10. The summed E-state index contributed by atoms with van der Waals surface area (Å²) in [6, 6.07) is 4.37. The highest BCUT2D eigenvalue weighted by molar-refractivity contribution is 6.31. The molecule has 0 fully saturated rings. The van der Waals surface area contributed by atoms with Gasteiger partial charge >= 0.3 is 5.97 Å². The Morgan fingerprint density at radius 3 is 2.83 bits per heavy atom. The Bertz CT molecular complexity index is 412. The lowest BCUT2D eigenvalue weighted by Gasteiger charge is -2.17. The number of esters is 1. The van der Waals surface area contributed by atoms with Gasteiger partial charge in [0.2, 0.25) is 0 Å². The smallest absolute Gasteiger partial charge is 0.305 e. The number of hydrogen-bond donors (Lipinski definition) is 0. The van der Waals surface area contributed by atoms with Crippen LogP contribution in [0.5, 0.6) is 0 Å². The summed E-state index contributed by atoms with van der Waals surface area (Å²) in [5.41, 5.74) is 0.874. The lowest BCUT2D eigenvalue weighted by molar-refractivity contribution is -0.140. The average Bonchev–Trinajstić information content (AvgIpc) is 2.32. The van der Waals surface area contributed by atoms with Gasteiger partial charge in [-0.3, -0.25) is 4.79 Å². The van der Waals surface area contributed by atoms with Crippen molar-refractivity contribution in [1.29, 1.82) is 0 Å². The van der Waals surface area contributed by atoms with Crippen LogP contribution >= 0.6 is 11.6 Å². The van der Waals surface area contributed by atoms with E-state index in [4.69, 9.17) is 11.6 Å². The molecule has 3 nitrogen and oxygen atoms in total. The van der Waals surface area contributed by atoms with Crippen LogP contribution < -0.4 is 0 Å². The molecule has 18 heavy (non-hydrogen) atoms. The Morgan fingerprint density at radius 1 is 1.50 bits per heavy atom. The molecule has 0 saturated heterocycles. The normalized spacial score (nSPS) is 10.7. The number of nitrogens with zero attached hydrogens (tertiary/aromatic N) is 1. The van der Waals surface area contributed by atoms with E-state index in [0.29, 0.717) is 18.0 Å². The second kappa shape index (κ2) is 7.34. The minimum absolute atomic E-state index is 0.205. The summed E-state index contributed by atoms with van der Waals surface area (Å²) in [4.78, 5) is 13.0. The van der Waals surface area contributed by atoms with E-state index in [9.17, 15) is 9.18 Å². The van der Waals surface area contributed by atoms with Gasteiger partial charge in [-0.05, 0) is 37.7 Å². The van der Waals surface area contributed by atoms with Crippen molar-refractivity contribution >= 4 is 17.6 Å². The molecule has 0 aliphatic rings. The third-order valence-electron chi connectivity index (χ3n) is 2.60. The van der Waals surface area contributed by atoms with Gasteiger partial charge in [0, 0.05) is 18.0 Å². The number of carbonyl (C=O) groups is 1. The molecule has 0 aliphatic heterocycles. The Morgan fingerprint density at radius 2 is 2.22 bits per heavy atom. The molecule has 100 valence electrons. The largest absolute Gasteiger partial charge is 0.469 e. The highest BCUT2D eigenvalue weighted by Crippen LogP contribution is 2.18. The molecule has 0 amide bonds. The van der Waals surface area contributed by atoms with E-state index in [1.807, 2.05) is 11.9 Å². The van der Waals surface area contributed by atoms with E-state index in [1.54, 1.807) is 6.07 Å². The zero-order valence-electron chi connectivity index (χ0n) is 10.6. The van der Waals surface area contributed by atoms with Crippen LogP contribution in [0.3, 0.4) is 0 Å². The summed E-state index contributed by atoms with van der Waals surface area (Å²) in [5.74, 6) is -0.541. The number of benzene rings is 1. The highest BCUT2D eigenvalue weighted by atomic mass is 35.5. The minimum Gasteiger partial charge on any atom is -0.469 e. The Balaban J connectivity index is 2.39. The van der Waals surface area contributed by atoms with Gasteiger partial charge in [0.15, 0.2) is 0 Å². The number of hydrogen-bond acceptors (Lipinski definition) is 3. The van der Waals surface area contributed by atoms with Gasteiger partial charge < -0.3 is 9.64 Å². The van der Waals surface area contributed by atoms with Crippen LogP contribution in [0.4, 0.5) is 4.39 Å². The molecule has 1 rings (SSSR count). The van der Waals surface area contributed by atoms with Crippen molar-refractivity contribution in [3.05, 3.63) is 34.6 Å². The van der Waals surface area contributed by atoms with Gasteiger partial charge in [-0.15, -0.1) is 0 Å². The van der Waals surface area contributed by atoms with Gasteiger partial charge in [-0.2, -0.15) is 0 Å². The molecule has 1 aromatic carbocycles. The SMILES string of the molecule is COC(=O)CCCN(C)Cc1ccc(F)cc1Cl. The Labute approximate surface area is 111 Å². The maximum atomic E-state index is 12.9. The zero-order valence-corrected chi connectivity index (χ0v) is 11.3. The first-order valence-electron chi connectivity index (χ1n) is 5.72. The summed E-state index contributed by atoms with van der Waals surface area (Å²) in [7, 11) is 3.31. The van der Waals surface area contributed by atoms with Crippen molar-refractivity contribution in [2.45, 2.75) is 19.4 Å². The van der Waals surface area contributed by atoms with Crippen LogP contribution in [0.25, 0.3) is 0 Å². The monoisotopic (exact) mass is 273 g/mol. The second-order valence-corrected chi connectivity index (χ2v) is 4.56. The van der Waals surface area contributed by atoms with E-state index < -0.39 is 0 Å². The Kier molecular flexibility index (Phi) is 6.09. The molecule has 0 aliphatic carbocycles. The van der Waals surface area contributed by atoms with E-state index in [0.717, 1.165) is 18.5 Å². The van der Waals surface area contributed by atoms with E-state index in [-0.39, 0.29) is 11.8 Å². The van der Waals surface area contributed by atoms with Crippen molar-refractivity contribution in [3.63, 3.8) is 0 Å². The second-order valence-electron chi connectivity index (χ2n) is 4.15. The van der Waals surface area contributed by atoms with Gasteiger partial charge in [0.05, 0.1) is 7.11 Å². The van der Waals surface area contributed by atoms with Crippen molar-refractivity contribution in [2.24, 2.45) is 0 Å². The number of methoxy groups -OCH3 is 1. The standard InChI is InChI=1S/C13H17ClFNO2/c1-16(7-3-4-13(17)18-2)9-10-5-6-11(15)8-12(10)14/h5-6,8H,3-4,7,9H2,1-2H3. The molecule has 5 heteroatoms. The molecular weight excluding hydrogens is 257 g/mol. The quantitative estimate of drug-likeness (QED) is 0.747. The molecule has 0 bridgehead atoms. The summed E-state index contributed by atoms with van der Waals surface area (Å²) < 4.78 is 17.4. The lowest BCUT2D eigenvalue weighted by Crippen LogP contribution is -2.20. The summed E-state index contributed by atoms with van der Waals surface area (Å²) in [6.45, 7) is 1.38. The van der Waals surface area contributed by atoms with Crippen LogP contribution in [0.15, 0.2) is 18.2 Å². The molecule has 0 aromatic heterocycles. The molecular formula is C13H17ClFNO2. The molecule has 0 spiro atoms. The molecule has 0 unspecified atom stereocenters. The van der Waals surface area contributed by atoms with Crippen LogP contribution in [0.1, 0.15) is 18.4 Å². The minimum atomic E-state index is -0.336. The zero-order chi connectivity index (χ0) is 13.5. The van der Waals surface area contributed by atoms with E-state index in [1.165, 1.54) is 19.2 Å². The lowest BCUT2D eigenvalue weighted by atomic mass is 10.2. The van der Waals surface area contributed by atoms with E-state index >= 15 is 0 Å². The van der Waals surface area contributed by atoms with Crippen molar-refractivity contribution in [1.82, 2.24) is 4.90 Å². The van der Waals surface area contributed by atoms with E-state index in [2.05, 4.69) is 4.74 Å². The van der Waals surface area contributed by atoms with Crippen LogP contribution in [0, 0.1) is 5.82 Å². The van der Waals surface area contributed by atoms with Gasteiger partial charge in [-0.1, -0.05) is 17.7 Å². The van der Waals surface area contributed by atoms with Crippen LogP contribution in [-0.2, 0) is 16.1 Å². The molecule has 0 atom stereocenters. The number of halogens is 2. The average molecular weight is 274 g/mol. The first kappa shape index (κ1) is 14.9. The first-order chi connectivity index (χ1) is 8.52. The molecule has 0 saturated carbocycles. The summed E-state index contributed by atoms with van der Waals surface area (Å²) in [5, 5.41) is 0.426. The van der Waals surface area contributed by atoms with Gasteiger partial charge in [0.1, 0.15) is 5.82 Å². The van der Waals surface area contributed by atoms with Crippen molar-refractivity contribution < 1.29 is 13.9 Å². The summed E-state index contributed by atoms with van der Waals surface area (Å²) in [6.07, 6.45) is 1.12. The van der Waals surface area contributed by atoms with Crippen LogP contribution in [0.2, 0.25) is 5.02 Å². The third-order valence-corrected chi connectivity index (χ3v) is 2.96. The van der Waals surface area contributed by atoms with Crippen LogP contribution in [-0.4, -0.2) is 31.6 Å². The van der Waals surface area contributed by atoms with Gasteiger partial charge in [-0.25, -0.2) is 4.39 Å². The third kappa shape index (κ3) is 5.02. The highest BCUT2D eigenvalue weighted by Gasteiger charge is 2.07. The number of carbonyl (C=O) groups excluding carboxylic acids is 1. The predicted octanol–water partition coefficient (Wildman–Crippen LogP) is 2.86. The Hall–Kier alpha value is -1.13. The fourth-order valence-corrected chi connectivity index (χ4v) is 1.84. The maximum Gasteiger partial charge on any atom is 0.305 e. The predicted molar refractivity (Wildman–Crippen MR) is 69.0 cm³/mol. The molecule has 0 radical (unpaired) electrons. The molecule has 0 heterocycles. The molecule has 1 aromatic rings. The fraction of sp³-hybridized carbons (Fsp3) is 0.462. The number of rotatable bonds is 6. The number of ether oxygens (including phenoxy) is 1. The summed E-state index contributed by atoms with van der Waals surface area (Å²) >= 11 is 5.94. The topological polar surface area (TPSA) is 29.5 Å². The maximum absolute atomic E-state index is 12.9. The fourth-order valence-electron chi connectivity index (χ4n) is 1.62. The van der Waals surface area contributed by atoms with Crippen molar-refractivity contribution in [3.8, 4) is 0 Å². The van der Waals surface area contributed by atoms with Gasteiger partial charge in [0.25, 0.3) is 0 Å². The van der Waals surface area contributed by atoms with Crippen molar-refractivity contribution in [2.75, 3.05) is 20.7 Å².